The summed E-state index contributed by atoms with van der Waals surface area (Å²) in [5, 5.41) is 11.5. The second-order valence-electron chi connectivity index (χ2n) is 5.68. The molecule has 0 aliphatic rings. The fraction of sp³-hybridized carbons (Fsp3) is 0.429. The lowest BCUT2D eigenvalue weighted by Gasteiger charge is -2.36. The Morgan fingerprint density at radius 2 is 1.58 bits per heavy atom. The number of benzene rings is 1. The second-order valence-corrected chi connectivity index (χ2v) is 5.68. The van der Waals surface area contributed by atoms with E-state index in [2.05, 4.69) is 5.32 Å². The normalized spacial score (nSPS) is 12.1. The zero-order chi connectivity index (χ0) is 14.8. The molecule has 1 aromatic rings. The van der Waals surface area contributed by atoms with Crippen molar-refractivity contribution in [2.24, 2.45) is 11.1 Å². The van der Waals surface area contributed by atoms with E-state index in [1.165, 1.54) is 12.1 Å². The maximum Gasteiger partial charge on any atom is 0.335 e. The number of carboxylic acid groups (broad SMARTS) is 1. The van der Waals surface area contributed by atoms with Crippen LogP contribution in [-0.2, 0) is 4.79 Å². The average Bonchev–Trinajstić information content (AvgIpc) is 2.28. The van der Waals surface area contributed by atoms with Gasteiger partial charge in [-0.2, -0.15) is 0 Å². The van der Waals surface area contributed by atoms with Gasteiger partial charge in [-0.15, -0.1) is 0 Å². The Morgan fingerprint density at radius 1 is 1.11 bits per heavy atom. The van der Waals surface area contributed by atoms with E-state index in [4.69, 9.17) is 10.8 Å². The molecule has 0 aliphatic heterocycles. The van der Waals surface area contributed by atoms with Crippen LogP contribution in [0.3, 0.4) is 0 Å². The first-order valence-electron chi connectivity index (χ1n) is 5.99. The predicted molar refractivity (Wildman–Crippen MR) is 74.1 cm³/mol. The van der Waals surface area contributed by atoms with Crippen LogP contribution in [0.2, 0.25) is 0 Å². The van der Waals surface area contributed by atoms with E-state index in [1.54, 1.807) is 39.8 Å². The van der Waals surface area contributed by atoms with Crippen LogP contribution in [-0.4, -0.2) is 22.5 Å². The van der Waals surface area contributed by atoms with Gasteiger partial charge in [0.1, 0.15) is 0 Å². The average molecular weight is 264 g/mol. The third kappa shape index (κ3) is 3.32. The number of carboxylic acids is 1. The van der Waals surface area contributed by atoms with E-state index < -0.39 is 16.9 Å². The summed E-state index contributed by atoms with van der Waals surface area (Å²) in [5.74, 6) is -1.20. The van der Waals surface area contributed by atoms with Gasteiger partial charge in [-0.25, -0.2) is 4.79 Å². The zero-order valence-electron chi connectivity index (χ0n) is 11.7. The van der Waals surface area contributed by atoms with Gasteiger partial charge >= 0.3 is 5.97 Å². The molecule has 5 heteroatoms. The van der Waals surface area contributed by atoms with Crippen LogP contribution in [0.25, 0.3) is 0 Å². The Hall–Kier alpha value is -1.88. The van der Waals surface area contributed by atoms with Gasteiger partial charge in [0.2, 0.25) is 5.91 Å². The molecule has 0 unspecified atom stereocenters. The number of carbonyl (C=O) groups is 2. The van der Waals surface area contributed by atoms with E-state index >= 15 is 0 Å². The molecule has 0 bridgehead atoms. The maximum absolute atomic E-state index is 12.2. The highest BCUT2D eigenvalue weighted by Gasteiger charge is 2.40. The predicted octanol–water partition coefficient (Wildman–Crippen LogP) is 2.09. The maximum atomic E-state index is 12.2. The topological polar surface area (TPSA) is 92.4 Å². The minimum Gasteiger partial charge on any atom is -0.478 e. The SMILES string of the molecule is CC(C)(N)C(C)(C)C(=O)Nc1ccc(C(=O)O)cc1. The van der Waals surface area contributed by atoms with Gasteiger partial charge in [0, 0.05) is 11.2 Å². The summed E-state index contributed by atoms with van der Waals surface area (Å²) in [6, 6.07) is 6.00. The molecule has 0 saturated heterocycles. The van der Waals surface area contributed by atoms with E-state index in [0.717, 1.165) is 0 Å². The first kappa shape index (κ1) is 15.2. The van der Waals surface area contributed by atoms with Gasteiger partial charge in [-0.3, -0.25) is 4.79 Å². The van der Waals surface area contributed by atoms with Crippen LogP contribution in [0.4, 0.5) is 5.69 Å². The van der Waals surface area contributed by atoms with Crippen molar-refractivity contribution >= 4 is 17.6 Å². The Bertz CT molecular complexity index is 484. The summed E-state index contributed by atoms with van der Waals surface area (Å²) < 4.78 is 0. The van der Waals surface area contributed by atoms with Gasteiger partial charge in [0.05, 0.1) is 11.0 Å². The highest BCUT2D eigenvalue weighted by atomic mass is 16.4. The van der Waals surface area contributed by atoms with Crippen molar-refractivity contribution in [1.82, 2.24) is 0 Å². The zero-order valence-corrected chi connectivity index (χ0v) is 11.7. The van der Waals surface area contributed by atoms with Crippen molar-refractivity contribution in [2.75, 3.05) is 5.32 Å². The number of carbonyl (C=O) groups excluding carboxylic acids is 1. The van der Waals surface area contributed by atoms with Crippen molar-refractivity contribution in [3.63, 3.8) is 0 Å². The van der Waals surface area contributed by atoms with Crippen LogP contribution in [0.1, 0.15) is 38.1 Å². The van der Waals surface area contributed by atoms with Crippen LogP contribution < -0.4 is 11.1 Å². The van der Waals surface area contributed by atoms with Gasteiger partial charge in [0.15, 0.2) is 0 Å². The molecule has 0 fully saturated rings. The fourth-order valence-electron chi connectivity index (χ4n) is 1.28. The lowest BCUT2D eigenvalue weighted by Crippen LogP contribution is -2.53. The molecular formula is C14H20N2O3. The molecule has 1 amide bonds. The van der Waals surface area contributed by atoms with Crippen molar-refractivity contribution in [1.29, 1.82) is 0 Å². The summed E-state index contributed by atoms with van der Waals surface area (Å²) in [5.41, 5.74) is 5.30. The molecule has 104 valence electrons. The van der Waals surface area contributed by atoms with Crippen LogP contribution in [0.15, 0.2) is 24.3 Å². The molecule has 0 saturated carbocycles. The number of rotatable bonds is 4. The number of hydrogen-bond acceptors (Lipinski definition) is 3. The van der Waals surface area contributed by atoms with E-state index in [9.17, 15) is 9.59 Å². The van der Waals surface area contributed by atoms with Gasteiger partial charge in [-0.1, -0.05) is 0 Å². The number of anilines is 1. The molecule has 0 aromatic heterocycles. The summed E-state index contributed by atoms with van der Waals surface area (Å²) in [4.78, 5) is 22.9. The first-order valence-corrected chi connectivity index (χ1v) is 5.99. The lowest BCUT2D eigenvalue weighted by molar-refractivity contribution is -0.126. The molecule has 5 nitrogen and oxygen atoms in total. The lowest BCUT2D eigenvalue weighted by atomic mass is 9.74. The number of aromatic carboxylic acids is 1. The van der Waals surface area contributed by atoms with E-state index in [0.29, 0.717) is 5.69 Å². The van der Waals surface area contributed by atoms with Crippen molar-refractivity contribution < 1.29 is 14.7 Å². The fourth-order valence-corrected chi connectivity index (χ4v) is 1.28. The monoisotopic (exact) mass is 264 g/mol. The molecule has 1 aromatic carbocycles. The Kier molecular flexibility index (Phi) is 4.00. The minimum absolute atomic E-state index is 0.177. The Morgan fingerprint density at radius 3 is 1.95 bits per heavy atom. The smallest absolute Gasteiger partial charge is 0.335 e. The molecule has 19 heavy (non-hydrogen) atoms. The highest BCUT2D eigenvalue weighted by molar-refractivity contribution is 5.96. The van der Waals surface area contributed by atoms with Crippen LogP contribution in [0, 0.1) is 5.41 Å². The van der Waals surface area contributed by atoms with Crippen molar-refractivity contribution in [2.45, 2.75) is 33.2 Å². The summed E-state index contributed by atoms with van der Waals surface area (Å²) >= 11 is 0. The summed E-state index contributed by atoms with van der Waals surface area (Å²) in [6.45, 7) is 7.13. The van der Waals surface area contributed by atoms with Crippen molar-refractivity contribution in [3.05, 3.63) is 29.8 Å². The molecule has 0 atom stereocenters. The molecule has 1 rings (SSSR count). The Labute approximate surface area is 112 Å². The second kappa shape index (κ2) is 5.01. The molecule has 0 heterocycles. The number of hydrogen-bond donors (Lipinski definition) is 3. The first-order chi connectivity index (χ1) is 8.55. The largest absolute Gasteiger partial charge is 0.478 e. The summed E-state index contributed by atoms with van der Waals surface area (Å²) in [7, 11) is 0. The van der Waals surface area contributed by atoms with Gasteiger partial charge < -0.3 is 16.2 Å². The quantitative estimate of drug-likeness (QED) is 0.776. The van der Waals surface area contributed by atoms with Crippen LogP contribution >= 0.6 is 0 Å². The molecular weight excluding hydrogens is 244 g/mol. The molecule has 0 spiro atoms. The number of nitrogens with one attached hydrogen (secondary N) is 1. The van der Waals surface area contributed by atoms with E-state index in [1.807, 2.05) is 0 Å². The molecule has 0 radical (unpaired) electrons. The Balaban J connectivity index is 2.86. The highest BCUT2D eigenvalue weighted by Crippen LogP contribution is 2.29. The van der Waals surface area contributed by atoms with E-state index in [-0.39, 0.29) is 11.5 Å². The molecule has 0 aliphatic carbocycles. The third-order valence-corrected chi connectivity index (χ3v) is 3.57. The minimum atomic E-state index is -0.999. The number of amides is 1. The molecule has 4 N–H and O–H groups in total. The van der Waals surface area contributed by atoms with Gasteiger partial charge in [0.25, 0.3) is 0 Å². The third-order valence-electron chi connectivity index (χ3n) is 3.57. The van der Waals surface area contributed by atoms with Crippen molar-refractivity contribution in [3.8, 4) is 0 Å². The van der Waals surface area contributed by atoms with Crippen LogP contribution in [0.5, 0.6) is 0 Å². The van der Waals surface area contributed by atoms with Gasteiger partial charge in [-0.05, 0) is 52.0 Å². The number of nitrogens with two attached hydrogens (primary N) is 1. The standard InChI is InChI=1S/C14H20N2O3/c1-13(2,14(3,4)15)12(19)16-10-7-5-9(6-8-10)11(17)18/h5-8H,15H2,1-4H3,(H,16,19)(H,17,18). The summed E-state index contributed by atoms with van der Waals surface area (Å²) in [6.07, 6.45) is 0.